The van der Waals surface area contributed by atoms with Crippen LogP contribution in [0.15, 0.2) is 0 Å². The van der Waals surface area contributed by atoms with Gasteiger partial charge in [-0.15, -0.1) is 0 Å². The average Bonchev–Trinajstić information content (AvgIpc) is 2.90. The molecule has 8 nitrogen and oxygen atoms in total. The molecule has 0 amide bonds. The molecule has 1 aliphatic rings. The van der Waals surface area contributed by atoms with Gasteiger partial charge in [0.25, 0.3) is 0 Å². The molecule has 2 atom stereocenters. The van der Waals surface area contributed by atoms with E-state index in [0.29, 0.717) is 24.5 Å². The van der Waals surface area contributed by atoms with E-state index in [4.69, 9.17) is 0 Å². The van der Waals surface area contributed by atoms with Crippen LogP contribution in [0.2, 0.25) is 0 Å². The van der Waals surface area contributed by atoms with E-state index in [2.05, 4.69) is 5.10 Å². The first-order chi connectivity index (χ1) is 9.86. The molecule has 1 saturated heterocycles. The van der Waals surface area contributed by atoms with Crippen LogP contribution in [-0.4, -0.2) is 38.9 Å². The molecular formula is C13H20N4O4. The molecule has 2 unspecified atom stereocenters. The van der Waals surface area contributed by atoms with Gasteiger partial charge in [-0.1, -0.05) is 20.3 Å². The van der Waals surface area contributed by atoms with Crippen LogP contribution >= 0.6 is 0 Å². The zero-order valence-electron chi connectivity index (χ0n) is 12.4. The van der Waals surface area contributed by atoms with Crippen LogP contribution < -0.4 is 4.90 Å². The van der Waals surface area contributed by atoms with Crippen molar-refractivity contribution in [2.24, 2.45) is 18.9 Å². The highest BCUT2D eigenvalue weighted by molar-refractivity contribution is 5.73. The third-order valence-corrected chi connectivity index (χ3v) is 3.96. The maximum Gasteiger partial charge on any atom is 0.334 e. The molecule has 1 aromatic rings. The molecule has 2 rings (SSSR count). The Bertz CT molecular complexity index is 569. The van der Waals surface area contributed by atoms with E-state index in [-0.39, 0.29) is 18.2 Å². The number of aromatic nitrogens is 2. The molecule has 1 aliphatic heterocycles. The van der Waals surface area contributed by atoms with Gasteiger partial charge >= 0.3 is 11.7 Å². The van der Waals surface area contributed by atoms with E-state index in [0.717, 1.165) is 6.42 Å². The van der Waals surface area contributed by atoms with E-state index in [1.165, 1.54) is 4.68 Å². The molecule has 2 heterocycles. The Labute approximate surface area is 122 Å². The summed E-state index contributed by atoms with van der Waals surface area (Å²) in [6, 6.07) is 0. The smallest absolute Gasteiger partial charge is 0.334 e. The quantitative estimate of drug-likeness (QED) is 0.651. The summed E-state index contributed by atoms with van der Waals surface area (Å²) < 4.78 is 1.50. The van der Waals surface area contributed by atoms with Crippen molar-refractivity contribution in [1.29, 1.82) is 0 Å². The Kier molecular flexibility index (Phi) is 4.15. The molecule has 0 radical (unpaired) electrons. The maximum absolute atomic E-state index is 11.4. The van der Waals surface area contributed by atoms with Gasteiger partial charge in [-0.05, 0) is 12.3 Å². The lowest BCUT2D eigenvalue weighted by Crippen LogP contribution is -2.25. The van der Waals surface area contributed by atoms with Gasteiger partial charge in [-0.3, -0.25) is 14.9 Å². The monoisotopic (exact) mass is 296 g/mol. The van der Waals surface area contributed by atoms with Crippen molar-refractivity contribution >= 4 is 17.5 Å². The number of rotatable bonds is 5. The average molecular weight is 296 g/mol. The van der Waals surface area contributed by atoms with Gasteiger partial charge in [0.15, 0.2) is 0 Å². The fourth-order valence-corrected chi connectivity index (χ4v) is 2.97. The highest BCUT2D eigenvalue weighted by Gasteiger charge is 2.40. The Morgan fingerprint density at radius 2 is 2.19 bits per heavy atom. The highest BCUT2D eigenvalue weighted by Crippen LogP contribution is 2.36. The lowest BCUT2D eigenvalue weighted by atomic mass is 9.99. The van der Waals surface area contributed by atoms with Crippen LogP contribution in [-0.2, 0) is 18.3 Å². The Morgan fingerprint density at radius 1 is 1.52 bits per heavy atom. The molecular weight excluding hydrogens is 276 g/mol. The number of nitro groups is 1. The minimum atomic E-state index is -0.858. The van der Waals surface area contributed by atoms with Crippen molar-refractivity contribution in [1.82, 2.24) is 9.78 Å². The molecule has 116 valence electrons. The van der Waals surface area contributed by atoms with Crippen LogP contribution in [0.1, 0.15) is 26.0 Å². The summed E-state index contributed by atoms with van der Waals surface area (Å²) in [5.74, 6) is -0.997. The van der Waals surface area contributed by atoms with Crippen molar-refractivity contribution in [3.63, 3.8) is 0 Å². The van der Waals surface area contributed by atoms with E-state index < -0.39 is 16.8 Å². The third-order valence-electron chi connectivity index (χ3n) is 3.96. The number of carboxylic acids is 1. The predicted molar refractivity (Wildman–Crippen MR) is 76.4 cm³/mol. The second-order valence-electron chi connectivity index (χ2n) is 5.58. The largest absolute Gasteiger partial charge is 0.481 e. The standard InChI is InChI=1S/C13H20N4O4/c1-4-5-10-11(17(20)21)12(15(3)14-10)16-6-8(2)9(7-16)13(18)19/h8-9H,4-7H2,1-3H3,(H,18,19). The fraction of sp³-hybridized carbons (Fsp3) is 0.692. The lowest BCUT2D eigenvalue weighted by Gasteiger charge is -2.17. The number of carbonyl (C=O) groups is 1. The van der Waals surface area contributed by atoms with E-state index >= 15 is 0 Å². The third kappa shape index (κ3) is 2.70. The molecule has 1 fully saturated rings. The summed E-state index contributed by atoms with van der Waals surface area (Å²) in [7, 11) is 1.67. The van der Waals surface area contributed by atoms with Gasteiger partial charge < -0.3 is 10.0 Å². The van der Waals surface area contributed by atoms with Crippen molar-refractivity contribution in [2.75, 3.05) is 18.0 Å². The molecule has 0 saturated carbocycles. The molecule has 0 bridgehead atoms. The van der Waals surface area contributed by atoms with Crippen LogP contribution in [0.4, 0.5) is 11.5 Å². The number of carboxylic acid groups (broad SMARTS) is 1. The topological polar surface area (TPSA) is 102 Å². The van der Waals surface area contributed by atoms with Crippen molar-refractivity contribution in [3.8, 4) is 0 Å². The second kappa shape index (κ2) is 5.71. The van der Waals surface area contributed by atoms with E-state index in [9.17, 15) is 20.0 Å². The van der Waals surface area contributed by atoms with Crippen molar-refractivity contribution < 1.29 is 14.8 Å². The second-order valence-corrected chi connectivity index (χ2v) is 5.58. The van der Waals surface area contributed by atoms with Gasteiger partial charge in [0.2, 0.25) is 5.82 Å². The fourth-order valence-electron chi connectivity index (χ4n) is 2.97. The number of nitrogens with zero attached hydrogens (tertiary/aromatic N) is 4. The summed E-state index contributed by atoms with van der Waals surface area (Å²) in [4.78, 5) is 24.0. The van der Waals surface area contributed by atoms with Gasteiger partial charge in [0.05, 0.1) is 10.8 Å². The summed E-state index contributed by atoms with van der Waals surface area (Å²) >= 11 is 0. The summed E-state index contributed by atoms with van der Waals surface area (Å²) in [6.45, 7) is 4.57. The molecule has 1 N–H and O–H groups in total. The lowest BCUT2D eigenvalue weighted by molar-refractivity contribution is -0.384. The van der Waals surface area contributed by atoms with Crippen LogP contribution in [0.5, 0.6) is 0 Å². The first-order valence-electron chi connectivity index (χ1n) is 7.04. The van der Waals surface area contributed by atoms with Gasteiger partial charge in [0, 0.05) is 20.1 Å². The molecule has 0 aromatic carbocycles. The van der Waals surface area contributed by atoms with Gasteiger partial charge in [-0.25, -0.2) is 4.68 Å². The molecule has 0 aliphatic carbocycles. The maximum atomic E-state index is 11.4. The minimum Gasteiger partial charge on any atom is -0.481 e. The SMILES string of the molecule is CCCc1nn(C)c(N2CC(C)C(C(=O)O)C2)c1[N+](=O)[O-]. The summed E-state index contributed by atoms with van der Waals surface area (Å²) in [6.07, 6.45) is 1.31. The van der Waals surface area contributed by atoms with Crippen LogP contribution in [0, 0.1) is 22.0 Å². The highest BCUT2D eigenvalue weighted by atomic mass is 16.6. The summed E-state index contributed by atoms with van der Waals surface area (Å²) in [5, 5.41) is 24.8. The number of anilines is 1. The number of hydrogen-bond acceptors (Lipinski definition) is 5. The van der Waals surface area contributed by atoms with Crippen molar-refractivity contribution in [3.05, 3.63) is 15.8 Å². The molecule has 8 heteroatoms. The number of aliphatic carboxylic acids is 1. The van der Waals surface area contributed by atoms with Crippen LogP contribution in [0.25, 0.3) is 0 Å². The van der Waals surface area contributed by atoms with Gasteiger partial charge in [-0.2, -0.15) is 5.10 Å². The molecule has 0 spiro atoms. The van der Waals surface area contributed by atoms with Gasteiger partial charge in [0.1, 0.15) is 5.69 Å². The van der Waals surface area contributed by atoms with Crippen molar-refractivity contribution in [2.45, 2.75) is 26.7 Å². The zero-order valence-corrected chi connectivity index (χ0v) is 12.4. The first-order valence-corrected chi connectivity index (χ1v) is 7.04. The minimum absolute atomic E-state index is 0.0117. The Balaban J connectivity index is 2.40. The van der Waals surface area contributed by atoms with E-state index in [1.807, 2.05) is 13.8 Å². The molecule has 1 aromatic heterocycles. The summed E-state index contributed by atoms with van der Waals surface area (Å²) in [5.41, 5.74) is 0.476. The Hall–Kier alpha value is -2.12. The van der Waals surface area contributed by atoms with E-state index in [1.54, 1.807) is 11.9 Å². The Morgan fingerprint density at radius 3 is 2.67 bits per heavy atom. The first kappa shape index (κ1) is 15.3. The normalized spacial score (nSPS) is 21.8. The molecule has 21 heavy (non-hydrogen) atoms. The zero-order chi connectivity index (χ0) is 15.7. The predicted octanol–water partition coefficient (Wildman–Crippen LogP) is 1.44. The number of aryl methyl sites for hydroxylation is 2. The number of hydrogen-bond donors (Lipinski definition) is 1. The van der Waals surface area contributed by atoms with Crippen LogP contribution in [0.3, 0.4) is 0 Å².